The van der Waals surface area contributed by atoms with Gasteiger partial charge in [-0.1, -0.05) is 37.8 Å². The van der Waals surface area contributed by atoms with Gasteiger partial charge in [-0.2, -0.15) is 0 Å². The van der Waals surface area contributed by atoms with Gasteiger partial charge in [-0.15, -0.1) is 0 Å². The highest BCUT2D eigenvalue weighted by molar-refractivity contribution is 5.14. The van der Waals surface area contributed by atoms with Gasteiger partial charge in [0, 0.05) is 6.04 Å². The lowest BCUT2D eigenvalue weighted by Crippen LogP contribution is -2.37. The fraction of sp³-hybridized carbons (Fsp3) is 0.875. The summed E-state index contributed by atoms with van der Waals surface area (Å²) in [6, 6.07) is 0.681. The Hall–Kier alpha value is -0.300. The predicted molar refractivity (Wildman–Crippen MR) is 75.1 cm³/mol. The zero-order valence-corrected chi connectivity index (χ0v) is 11.7. The lowest BCUT2D eigenvalue weighted by Gasteiger charge is -2.34. The summed E-state index contributed by atoms with van der Waals surface area (Å²) in [6.45, 7) is 2.41. The molecule has 1 N–H and O–H groups in total. The van der Waals surface area contributed by atoms with Crippen molar-refractivity contribution in [1.29, 1.82) is 0 Å². The third-order valence-corrected chi connectivity index (χ3v) is 4.82. The summed E-state index contributed by atoms with van der Waals surface area (Å²) in [6.07, 6.45) is 15.2. The van der Waals surface area contributed by atoms with Gasteiger partial charge in [0.05, 0.1) is 0 Å². The van der Waals surface area contributed by atoms with Gasteiger partial charge in [0.15, 0.2) is 0 Å². The highest BCUT2D eigenvalue weighted by Crippen LogP contribution is 2.34. The largest absolute Gasteiger partial charge is 0.313 e. The quantitative estimate of drug-likeness (QED) is 0.720. The molecule has 0 saturated heterocycles. The number of hydrogen-bond donors (Lipinski definition) is 1. The molecule has 98 valence electrons. The number of hydrogen-bond acceptors (Lipinski definition) is 1. The molecule has 2 aliphatic rings. The number of allylic oxidation sites excluding steroid dienone is 1. The van der Waals surface area contributed by atoms with Crippen LogP contribution < -0.4 is 5.32 Å². The van der Waals surface area contributed by atoms with E-state index in [9.17, 15) is 0 Å². The molecule has 1 fully saturated rings. The van der Waals surface area contributed by atoms with Crippen molar-refractivity contribution in [2.45, 2.75) is 70.8 Å². The number of likely N-dealkylation sites (N-methyl/N-ethyl adjacent to an activating group) is 1. The van der Waals surface area contributed by atoms with Crippen LogP contribution in [0.5, 0.6) is 0 Å². The minimum absolute atomic E-state index is 0.681. The van der Waals surface area contributed by atoms with E-state index in [4.69, 9.17) is 0 Å². The molecule has 2 rings (SSSR count). The molecule has 1 saturated carbocycles. The molecule has 1 atom stereocenters. The van der Waals surface area contributed by atoms with Crippen molar-refractivity contribution in [3.8, 4) is 0 Å². The Kier molecular flexibility index (Phi) is 5.09. The minimum atomic E-state index is 0.681. The Morgan fingerprint density at radius 2 is 1.88 bits per heavy atom. The third kappa shape index (κ3) is 3.58. The topological polar surface area (TPSA) is 12.0 Å². The zero-order valence-electron chi connectivity index (χ0n) is 11.7. The van der Waals surface area contributed by atoms with Crippen molar-refractivity contribution in [2.24, 2.45) is 11.8 Å². The zero-order chi connectivity index (χ0) is 12.1. The van der Waals surface area contributed by atoms with E-state index in [0.29, 0.717) is 6.04 Å². The predicted octanol–water partition coefficient (Wildman–Crippen LogP) is 4.29. The molecule has 0 spiro atoms. The van der Waals surface area contributed by atoms with Crippen LogP contribution in [-0.4, -0.2) is 13.1 Å². The van der Waals surface area contributed by atoms with E-state index in [1.54, 1.807) is 5.57 Å². The van der Waals surface area contributed by atoms with Gasteiger partial charge in [-0.25, -0.2) is 0 Å². The summed E-state index contributed by atoms with van der Waals surface area (Å²) in [5.41, 5.74) is 1.73. The first-order valence-electron chi connectivity index (χ1n) is 7.67. The van der Waals surface area contributed by atoms with Crippen LogP contribution >= 0.6 is 0 Å². The Labute approximate surface area is 107 Å². The maximum absolute atomic E-state index is 3.62. The normalized spacial score (nSPS) is 32.7. The molecule has 1 unspecified atom stereocenters. The van der Waals surface area contributed by atoms with Crippen LogP contribution in [0.2, 0.25) is 0 Å². The molecule has 0 heterocycles. The average molecular weight is 235 g/mol. The van der Waals surface area contributed by atoms with Crippen LogP contribution in [0.3, 0.4) is 0 Å². The fourth-order valence-corrected chi connectivity index (χ4v) is 3.67. The smallest absolute Gasteiger partial charge is 0.0305 e. The molecule has 0 aromatic carbocycles. The van der Waals surface area contributed by atoms with Crippen LogP contribution in [0.15, 0.2) is 11.6 Å². The highest BCUT2D eigenvalue weighted by Gasteiger charge is 2.27. The first kappa shape index (κ1) is 13.1. The maximum atomic E-state index is 3.62. The van der Waals surface area contributed by atoms with E-state index in [-0.39, 0.29) is 0 Å². The van der Waals surface area contributed by atoms with E-state index in [1.807, 2.05) is 0 Å². The van der Waals surface area contributed by atoms with Crippen molar-refractivity contribution in [1.82, 2.24) is 5.32 Å². The van der Waals surface area contributed by atoms with Crippen molar-refractivity contribution in [3.63, 3.8) is 0 Å². The monoisotopic (exact) mass is 235 g/mol. The highest BCUT2D eigenvalue weighted by atomic mass is 14.9. The molecule has 0 radical (unpaired) electrons. The van der Waals surface area contributed by atoms with Gasteiger partial charge in [0.25, 0.3) is 0 Å². The second-order valence-electron chi connectivity index (χ2n) is 6.16. The first-order chi connectivity index (χ1) is 8.31. The van der Waals surface area contributed by atoms with Crippen LogP contribution in [0, 0.1) is 11.8 Å². The van der Waals surface area contributed by atoms with Crippen LogP contribution in [-0.2, 0) is 0 Å². The Balaban J connectivity index is 1.97. The number of nitrogens with one attached hydrogen (secondary N) is 1. The molecule has 0 aliphatic heterocycles. The summed E-state index contributed by atoms with van der Waals surface area (Å²) >= 11 is 0. The second kappa shape index (κ2) is 6.58. The summed E-state index contributed by atoms with van der Waals surface area (Å²) < 4.78 is 0. The fourth-order valence-electron chi connectivity index (χ4n) is 3.67. The molecule has 2 aliphatic carbocycles. The van der Waals surface area contributed by atoms with E-state index < -0.39 is 0 Å². The van der Waals surface area contributed by atoms with Crippen molar-refractivity contribution >= 4 is 0 Å². The average Bonchev–Trinajstić information content (AvgIpc) is 2.62. The van der Waals surface area contributed by atoms with E-state index in [1.165, 1.54) is 57.8 Å². The summed E-state index contributed by atoms with van der Waals surface area (Å²) in [4.78, 5) is 0. The molecule has 1 nitrogen and oxygen atoms in total. The van der Waals surface area contributed by atoms with Gasteiger partial charge in [-0.3, -0.25) is 0 Å². The molecule has 0 aromatic heterocycles. The summed E-state index contributed by atoms with van der Waals surface area (Å²) in [5.74, 6) is 1.87. The van der Waals surface area contributed by atoms with Crippen molar-refractivity contribution < 1.29 is 0 Å². The molecule has 1 heteroatoms. The van der Waals surface area contributed by atoms with Gasteiger partial charge < -0.3 is 5.32 Å². The summed E-state index contributed by atoms with van der Waals surface area (Å²) in [5, 5.41) is 3.62. The lowest BCUT2D eigenvalue weighted by molar-refractivity contribution is 0.250. The molecule has 0 aromatic rings. The minimum Gasteiger partial charge on any atom is -0.313 e. The van der Waals surface area contributed by atoms with Crippen LogP contribution in [0.4, 0.5) is 0 Å². The van der Waals surface area contributed by atoms with Gasteiger partial charge in [0.2, 0.25) is 0 Å². The Morgan fingerprint density at radius 3 is 2.59 bits per heavy atom. The van der Waals surface area contributed by atoms with Crippen LogP contribution in [0.1, 0.15) is 64.7 Å². The molecule has 0 amide bonds. The maximum Gasteiger partial charge on any atom is 0.0305 e. The van der Waals surface area contributed by atoms with E-state index in [0.717, 1.165) is 11.8 Å². The lowest BCUT2D eigenvalue weighted by atomic mass is 9.76. The van der Waals surface area contributed by atoms with Crippen molar-refractivity contribution in [2.75, 3.05) is 7.05 Å². The van der Waals surface area contributed by atoms with Gasteiger partial charge in [0.1, 0.15) is 0 Å². The van der Waals surface area contributed by atoms with Gasteiger partial charge >= 0.3 is 0 Å². The number of rotatable bonds is 3. The SMILES string of the molecule is CNC(C1=CCCCCC1)C1CCC(C)CC1. The standard InChI is InChI=1S/C16H29N/c1-13-9-11-15(12-10-13)16(17-2)14-7-5-3-4-6-8-14/h7,13,15-17H,3-6,8-12H2,1-2H3. The molecule has 0 bridgehead atoms. The third-order valence-electron chi connectivity index (χ3n) is 4.82. The van der Waals surface area contributed by atoms with E-state index in [2.05, 4.69) is 25.4 Å². The van der Waals surface area contributed by atoms with Gasteiger partial charge in [-0.05, 0) is 57.4 Å². The first-order valence-corrected chi connectivity index (χ1v) is 7.67. The Bertz CT molecular complexity index is 248. The second-order valence-corrected chi connectivity index (χ2v) is 6.16. The molecular formula is C16H29N. The van der Waals surface area contributed by atoms with Crippen molar-refractivity contribution in [3.05, 3.63) is 11.6 Å². The molecular weight excluding hydrogens is 206 g/mol. The summed E-state index contributed by atoms with van der Waals surface area (Å²) in [7, 11) is 2.16. The Morgan fingerprint density at radius 1 is 1.12 bits per heavy atom. The van der Waals surface area contributed by atoms with E-state index >= 15 is 0 Å². The van der Waals surface area contributed by atoms with Crippen LogP contribution in [0.25, 0.3) is 0 Å². The molecule has 17 heavy (non-hydrogen) atoms.